The molecule has 0 radical (unpaired) electrons. The molecule has 1 atom stereocenters. The molecular formula is C12H11NOS. The van der Waals surface area contributed by atoms with Crippen molar-refractivity contribution in [1.82, 2.24) is 5.32 Å². The van der Waals surface area contributed by atoms with E-state index in [4.69, 9.17) is 0 Å². The molecule has 2 heterocycles. The van der Waals surface area contributed by atoms with Gasteiger partial charge in [-0.3, -0.25) is 4.79 Å². The zero-order valence-corrected chi connectivity index (χ0v) is 9.01. The largest absolute Gasteiger partial charge is 0.348 e. The SMILES string of the molecule is O=C1CCC(c2cc3ccccc3s2)N1. The van der Waals surface area contributed by atoms with Gasteiger partial charge in [-0.2, -0.15) is 0 Å². The van der Waals surface area contributed by atoms with Crippen LogP contribution in [0, 0.1) is 0 Å². The van der Waals surface area contributed by atoms with Gasteiger partial charge in [0.25, 0.3) is 0 Å². The standard InChI is InChI=1S/C12H11NOS/c14-12-6-5-9(13-12)11-7-8-3-1-2-4-10(8)15-11/h1-4,7,9H,5-6H2,(H,13,14). The lowest BCUT2D eigenvalue weighted by Crippen LogP contribution is -2.17. The first-order valence-corrected chi connectivity index (χ1v) is 5.92. The van der Waals surface area contributed by atoms with Gasteiger partial charge in [-0.1, -0.05) is 18.2 Å². The lowest BCUT2D eigenvalue weighted by molar-refractivity contribution is -0.119. The molecule has 1 aromatic carbocycles. The van der Waals surface area contributed by atoms with Crippen LogP contribution in [0.4, 0.5) is 0 Å². The number of carbonyl (C=O) groups excluding carboxylic acids is 1. The van der Waals surface area contributed by atoms with Gasteiger partial charge in [0.2, 0.25) is 5.91 Å². The first-order valence-electron chi connectivity index (χ1n) is 5.11. The van der Waals surface area contributed by atoms with Gasteiger partial charge in [-0.15, -0.1) is 11.3 Å². The Morgan fingerprint density at radius 3 is 2.93 bits per heavy atom. The number of amides is 1. The quantitative estimate of drug-likeness (QED) is 0.782. The van der Waals surface area contributed by atoms with Crippen LogP contribution in [0.1, 0.15) is 23.8 Å². The van der Waals surface area contributed by atoms with E-state index in [0.717, 1.165) is 6.42 Å². The fourth-order valence-corrected chi connectivity index (χ4v) is 3.15. The third-order valence-electron chi connectivity index (χ3n) is 2.78. The summed E-state index contributed by atoms with van der Waals surface area (Å²) < 4.78 is 1.30. The van der Waals surface area contributed by atoms with Crippen LogP contribution in [0.3, 0.4) is 0 Å². The van der Waals surface area contributed by atoms with Crippen molar-refractivity contribution in [2.24, 2.45) is 0 Å². The topological polar surface area (TPSA) is 29.1 Å². The first-order chi connectivity index (χ1) is 7.33. The van der Waals surface area contributed by atoms with Crippen LogP contribution in [-0.4, -0.2) is 5.91 Å². The summed E-state index contributed by atoms with van der Waals surface area (Å²) in [4.78, 5) is 12.4. The maximum absolute atomic E-state index is 11.1. The molecule has 2 nitrogen and oxygen atoms in total. The summed E-state index contributed by atoms with van der Waals surface area (Å²) in [6, 6.07) is 10.8. The summed E-state index contributed by atoms with van der Waals surface area (Å²) in [5.41, 5.74) is 0. The summed E-state index contributed by atoms with van der Waals surface area (Å²) in [7, 11) is 0. The predicted octanol–water partition coefficient (Wildman–Crippen LogP) is 2.85. The number of carbonyl (C=O) groups is 1. The molecule has 1 saturated heterocycles. The third kappa shape index (κ3) is 1.53. The molecule has 0 bridgehead atoms. The average Bonchev–Trinajstić information content (AvgIpc) is 2.82. The number of thiophene rings is 1. The van der Waals surface area contributed by atoms with Crippen molar-refractivity contribution < 1.29 is 4.79 Å². The van der Waals surface area contributed by atoms with Crippen LogP contribution >= 0.6 is 11.3 Å². The second-order valence-electron chi connectivity index (χ2n) is 3.85. The third-order valence-corrected chi connectivity index (χ3v) is 4.01. The first kappa shape index (κ1) is 8.92. The van der Waals surface area contributed by atoms with Gasteiger partial charge >= 0.3 is 0 Å². The number of benzene rings is 1. The van der Waals surface area contributed by atoms with Crippen molar-refractivity contribution in [1.29, 1.82) is 0 Å². The summed E-state index contributed by atoms with van der Waals surface area (Å²) in [6.07, 6.45) is 1.60. The van der Waals surface area contributed by atoms with Crippen molar-refractivity contribution in [2.75, 3.05) is 0 Å². The van der Waals surface area contributed by atoms with E-state index in [2.05, 4.69) is 29.6 Å². The number of hydrogen-bond donors (Lipinski definition) is 1. The van der Waals surface area contributed by atoms with E-state index in [-0.39, 0.29) is 11.9 Å². The van der Waals surface area contributed by atoms with Gasteiger partial charge in [0.1, 0.15) is 0 Å². The van der Waals surface area contributed by atoms with Crippen LogP contribution in [0.25, 0.3) is 10.1 Å². The molecule has 0 spiro atoms. The van der Waals surface area contributed by atoms with Gasteiger partial charge in [-0.05, 0) is 23.9 Å². The molecule has 0 saturated carbocycles. The Labute approximate surface area is 91.9 Å². The van der Waals surface area contributed by atoms with Gasteiger partial charge in [0.05, 0.1) is 6.04 Å². The second-order valence-corrected chi connectivity index (χ2v) is 4.96. The minimum Gasteiger partial charge on any atom is -0.348 e. The van der Waals surface area contributed by atoms with Crippen molar-refractivity contribution in [3.05, 3.63) is 35.2 Å². The zero-order valence-electron chi connectivity index (χ0n) is 8.19. The van der Waals surface area contributed by atoms with Crippen molar-refractivity contribution >= 4 is 27.3 Å². The van der Waals surface area contributed by atoms with Gasteiger partial charge in [0.15, 0.2) is 0 Å². The molecule has 1 amide bonds. The molecule has 3 rings (SSSR count). The Kier molecular flexibility index (Phi) is 1.99. The van der Waals surface area contributed by atoms with Crippen molar-refractivity contribution in [3.8, 4) is 0 Å². The van der Waals surface area contributed by atoms with Crippen molar-refractivity contribution in [3.63, 3.8) is 0 Å². The molecule has 0 aliphatic carbocycles. The smallest absolute Gasteiger partial charge is 0.220 e. The van der Waals surface area contributed by atoms with Gasteiger partial charge in [0, 0.05) is 16.0 Å². The normalized spacial score (nSPS) is 20.8. The van der Waals surface area contributed by atoms with Crippen molar-refractivity contribution in [2.45, 2.75) is 18.9 Å². The lowest BCUT2D eigenvalue weighted by atomic mass is 10.1. The van der Waals surface area contributed by atoms with Gasteiger partial charge < -0.3 is 5.32 Å². The Morgan fingerprint density at radius 2 is 2.20 bits per heavy atom. The van der Waals surface area contributed by atoms with E-state index >= 15 is 0 Å². The number of nitrogens with one attached hydrogen (secondary N) is 1. The molecule has 1 unspecified atom stereocenters. The molecule has 2 aromatic rings. The zero-order chi connectivity index (χ0) is 10.3. The fraction of sp³-hybridized carbons (Fsp3) is 0.250. The van der Waals surface area contributed by atoms with Gasteiger partial charge in [-0.25, -0.2) is 0 Å². The highest BCUT2D eigenvalue weighted by atomic mass is 32.1. The minimum absolute atomic E-state index is 0.178. The molecule has 1 aliphatic heterocycles. The molecule has 1 aromatic heterocycles. The Bertz CT molecular complexity index is 484. The van der Waals surface area contributed by atoms with E-state index < -0.39 is 0 Å². The predicted molar refractivity (Wildman–Crippen MR) is 61.9 cm³/mol. The Hall–Kier alpha value is -1.35. The fourth-order valence-electron chi connectivity index (χ4n) is 2.00. The Morgan fingerprint density at radius 1 is 1.33 bits per heavy atom. The maximum atomic E-state index is 11.1. The molecule has 1 N–H and O–H groups in total. The summed E-state index contributed by atoms with van der Waals surface area (Å²) in [5, 5.41) is 4.28. The highest BCUT2D eigenvalue weighted by Gasteiger charge is 2.23. The number of fused-ring (bicyclic) bond motifs is 1. The molecular weight excluding hydrogens is 206 g/mol. The van der Waals surface area contributed by atoms with E-state index in [9.17, 15) is 4.79 Å². The lowest BCUT2D eigenvalue weighted by Gasteiger charge is -2.05. The van der Waals surface area contributed by atoms with Crippen LogP contribution < -0.4 is 5.32 Å². The average molecular weight is 217 g/mol. The summed E-state index contributed by atoms with van der Waals surface area (Å²) >= 11 is 1.78. The van der Waals surface area contributed by atoms with Crippen LogP contribution in [-0.2, 0) is 4.79 Å². The summed E-state index contributed by atoms with van der Waals surface area (Å²) in [5.74, 6) is 0.178. The summed E-state index contributed by atoms with van der Waals surface area (Å²) in [6.45, 7) is 0. The molecule has 1 fully saturated rings. The highest BCUT2D eigenvalue weighted by Crippen LogP contribution is 2.33. The highest BCUT2D eigenvalue weighted by molar-refractivity contribution is 7.19. The maximum Gasteiger partial charge on any atom is 0.220 e. The van der Waals surface area contributed by atoms with Crippen LogP contribution in [0.5, 0.6) is 0 Å². The van der Waals surface area contributed by atoms with E-state index in [1.54, 1.807) is 11.3 Å². The molecule has 76 valence electrons. The van der Waals surface area contributed by atoms with Crippen LogP contribution in [0.15, 0.2) is 30.3 Å². The minimum atomic E-state index is 0.178. The molecule has 3 heteroatoms. The number of hydrogen-bond acceptors (Lipinski definition) is 2. The second kappa shape index (κ2) is 3.35. The Balaban J connectivity index is 2.01. The molecule has 1 aliphatic rings. The number of rotatable bonds is 1. The monoisotopic (exact) mass is 217 g/mol. The van der Waals surface area contributed by atoms with Crippen LogP contribution in [0.2, 0.25) is 0 Å². The van der Waals surface area contributed by atoms with E-state index in [1.807, 2.05) is 6.07 Å². The van der Waals surface area contributed by atoms with E-state index in [0.29, 0.717) is 6.42 Å². The molecule has 15 heavy (non-hydrogen) atoms. The van der Waals surface area contributed by atoms with E-state index in [1.165, 1.54) is 15.0 Å².